The van der Waals surface area contributed by atoms with E-state index in [0.29, 0.717) is 29.3 Å². The molecule has 160 valence electrons. The average molecular weight is 437 g/mol. The van der Waals surface area contributed by atoms with Crippen LogP contribution in [0.3, 0.4) is 0 Å². The summed E-state index contributed by atoms with van der Waals surface area (Å²) in [6.45, 7) is 1.58. The van der Waals surface area contributed by atoms with Crippen molar-refractivity contribution in [3.05, 3.63) is 64.8 Å². The van der Waals surface area contributed by atoms with E-state index in [0.717, 1.165) is 29.1 Å². The van der Waals surface area contributed by atoms with Crippen molar-refractivity contribution in [2.45, 2.75) is 12.8 Å². The SMILES string of the molecule is CN(C)CCCNC(=O)c1ccc(-c2ccc3nnc(Cc4ccc(O)cc4)n3n2)s1. The molecular formula is C22H24N6O2S. The molecule has 3 heterocycles. The van der Waals surface area contributed by atoms with Gasteiger partial charge in [0.2, 0.25) is 0 Å². The van der Waals surface area contributed by atoms with Crippen LogP contribution in [0.5, 0.6) is 5.75 Å². The molecule has 0 saturated carbocycles. The maximum absolute atomic E-state index is 12.4. The molecule has 3 aromatic heterocycles. The summed E-state index contributed by atoms with van der Waals surface area (Å²) in [6, 6.07) is 14.5. The van der Waals surface area contributed by atoms with Crippen molar-refractivity contribution in [1.29, 1.82) is 0 Å². The maximum atomic E-state index is 12.4. The number of rotatable bonds is 8. The molecule has 0 aliphatic heterocycles. The minimum absolute atomic E-state index is 0.0617. The number of amides is 1. The third-order valence-corrected chi connectivity index (χ3v) is 5.88. The highest BCUT2D eigenvalue weighted by molar-refractivity contribution is 7.17. The smallest absolute Gasteiger partial charge is 0.261 e. The number of hydrogen-bond donors (Lipinski definition) is 2. The second-order valence-electron chi connectivity index (χ2n) is 7.52. The number of nitrogens with one attached hydrogen (secondary N) is 1. The molecule has 0 unspecified atom stereocenters. The van der Waals surface area contributed by atoms with Crippen LogP contribution in [0.1, 0.15) is 27.5 Å². The Morgan fingerprint density at radius 2 is 1.90 bits per heavy atom. The monoisotopic (exact) mass is 436 g/mol. The van der Waals surface area contributed by atoms with Crippen molar-refractivity contribution in [3.8, 4) is 16.3 Å². The molecule has 0 bridgehead atoms. The number of hydrogen-bond acceptors (Lipinski definition) is 7. The van der Waals surface area contributed by atoms with E-state index in [4.69, 9.17) is 5.10 Å². The first-order chi connectivity index (χ1) is 15.0. The molecule has 0 aliphatic rings. The largest absolute Gasteiger partial charge is 0.508 e. The molecule has 0 atom stereocenters. The van der Waals surface area contributed by atoms with E-state index in [1.54, 1.807) is 16.6 Å². The van der Waals surface area contributed by atoms with Crippen LogP contribution in [0.15, 0.2) is 48.5 Å². The number of phenols is 1. The first kappa shape index (κ1) is 21.0. The normalized spacial score (nSPS) is 11.3. The summed E-state index contributed by atoms with van der Waals surface area (Å²) in [6.07, 6.45) is 1.45. The van der Waals surface area contributed by atoms with Crippen molar-refractivity contribution >= 4 is 22.9 Å². The first-order valence-corrected chi connectivity index (χ1v) is 10.8. The van der Waals surface area contributed by atoms with Gasteiger partial charge in [-0.3, -0.25) is 4.79 Å². The number of thiophene rings is 1. The van der Waals surface area contributed by atoms with E-state index < -0.39 is 0 Å². The zero-order chi connectivity index (χ0) is 21.8. The third-order valence-electron chi connectivity index (χ3n) is 4.78. The summed E-state index contributed by atoms with van der Waals surface area (Å²) in [7, 11) is 4.03. The lowest BCUT2D eigenvalue weighted by Crippen LogP contribution is -2.26. The van der Waals surface area contributed by atoms with E-state index >= 15 is 0 Å². The number of aromatic hydroxyl groups is 1. The van der Waals surface area contributed by atoms with Gasteiger partial charge in [-0.2, -0.15) is 9.61 Å². The molecular weight excluding hydrogens is 412 g/mol. The average Bonchev–Trinajstić information content (AvgIpc) is 3.40. The van der Waals surface area contributed by atoms with Gasteiger partial charge >= 0.3 is 0 Å². The minimum atomic E-state index is -0.0617. The number of phenolic OH excluding ortho intramolecular Hbond substituents is 1. The van der Waals surface area contributed by atoms with Crippen molar-refractivity contribution in [2.24, 2.45) is 0 Å². The molecule has 0 aliphatic carbocycles. The zero-order valence-corrected chi connectivity index (χ0v) is 18.3. The second kappa shape index (κ2) is 9.23. The number of carbonyl (C=O) groups is 1. The summed E-state index contributed by atoms with van der Waals surface area (Å²) in [5, 5.41) is 25.6. The van der Waals surface area contributed by atoms with Gasteiger partial charge in [0.25, 0.3) is 5.91 Å². The maximum Gasteiger partial charge on any atom is 0.261 e. The van der Waals surface area contributed by atoms with E-state index in [9.17, 15) is 9.90 Å². The van der Waals surface area contributed by atoms with Gasteiger partial charge in [0, 0.05) is 13.0 Å². The van der Waals surface area contributed by atoms with Crippen LogP contribution in [0.2, 0.25) is 0 Å². The summed E-state index contributed by atoms with van der Waals surface area (Å²) in [5.74, 6) is 0.872. The number of benzene rings is 1. The molecule has 0 fully saturated rings. The molecule has 9 heteroatoms. The van der Waals surface area contributed by atoms with Gasteiger partial charge < -0.3 is 15.3 Å². The van der Waals surface area contributed by atoms with Gasteiger partial charge in [-0.25, -0.2) is 0 Å². The van der Waals surface area contributed by atoms with Crippen molar-refractivity contribution in [1.82, 2.24) is 30.0 Å². The van der Waals surface area contributed by atoms with Gasteiger partial charge in [0.15, 0.2) is 11.5 Å². The summed E-state index contributed by atoms with van der Waals surface area (Å²) in [4.78, 5) is 16.1. The van der Waals surface area contributed by atoms with Crippen LogP contribution in [0.25, 0.3) is 16.2 Å². The molecule has 0 radical (unpaired) electrons. The van der Waals surface area contributed by atoms with Gasteiger partial charge in [-0.15, -0.1) is 21.5 Å². The number of carbonyl (C=O) groups excluding carboxylic acids is 1. The molecule has 2 N–H and O–H groups in total. The van der Waals surface area contributed by atoms with Crippen LogP contribution < -0.4 is 5.32 Å². The molecule has 1 amide bonds. The van der Waals surface area contributed by atoms with Crippen LogP contribution in [-0.4, -0.2) is 62.9 Å². The van der Waals surface area contributed by atoms with Crippen LogP contribution in [0, 0.1) is 0 Å². The fourth-order valence-electron chi connectivity index (χ4n) is 3.15. The lowest BCUT2D eigenvalue weighted by Gasteiger charge is -2.09. The Morgan fingerprint density at radius 1 is 1.10 bits per heavy atom. The third kappa shape index (κ3) is 5.07. The number of aromatic nitrogens is 4. The van der Waals surface area contributed by atoms with Gasteiger partial charge in [-0.05, 0) is 69.0 Å². The van der Waals surface area contributed by atoms with Crippen LogP contribution in [-0.2, 0) is 6.42 Å². The molecule has 0 spiro atoms. The summed E-state index contributed by atoms with van der Waals surface area (Å²) in [5.41, 5.74) is 2.42. The highest BCUT2D eigenvalue weighted by Gasteiger charge is 2.13. The molecule has 4 rings (SSSR count). The van der Waals surface area contributed by atoms with Crippen molar-refractivity contribution < 1.29 is 9.90 Å². The Labute approximate surface area is 184 Å². The quantitative estimate of drug-likeness (QED) is 0.413. The highest BCUT2D eigenvalue weighted by Crippen LogP contribution is 2.27. The van der Waals surface area contributed by atoms with Crippen LogP contribution >= 0.6 is 11.3 Å². The minimum Gasteiger partial charge on any atom is -0.508 e. The predicted molar refractivity (Wildman–Crippen MR) is 121 cm³/mol. The molecule has 4 aromatic rings. The second-order valence-corrected chi connectivity index (χ2v) is 8.61. The van der Waals surface area contributed by atoms with Gasteiger partial charge in [-0.1, -0.05) is 12.1 Å². The number of nitrogens with zero attached hydrogens (tertiary/aromatic N) is 5. The van der Waals surface area contributed by atoms with E-state index in [1.807, 2.05) is 50.5 Å². The highest BCUT2D eigenvalue weighted by atomic mass is 32.1. The lowest BCUT2D eigenvalue weighted by molar-refractivity contribution is 0.0956. The molecule has 0 saturated heterocycles. The summed E-state index contributed by atoms with van der Waals surface area (Å²) < 4.78 is 1.73. The fraction of sp³-hybridized carbons (Fsp3) is 0.273. The molecule has 8 nitrogen and oxygen atoms in total. The Kier molecular flexibility index (Phi) is 6.24. The Bertz CT molecular complexity index is 1180. The molecule has 1 aromatic carbocycles. The molecule has 31 heavy (non-hydrogen) atoms. The van der Waals surface area contributed by atoms with Crippen LogP contribution in [0.4, 0.5) is 0 Å². The Balaban J connectivity index is 1.50. The van der Waals surface area contributed by atoms with Crippen molar-refractivity contribution in [3.63, 3.8) is 0 Å². The zero-order valence-electron chi connectivity index (χ0n) is 17.4. The van der Waals surface area contributed by atoms with E-state index in [2.05, 4.69) is 20.4 Å². The Morgan fingerprint density at radius 3 is 2.68 bits per heavy atom. The van der Waals surface area contributed by atoms with Gasteiger partial charge in [0.1, 0.15) is 11.4 Å². The first-order valence-electron chi connectivity index (χ1n) is 10.0. The van der Waals surface area contributed by atoms with E-state index in [1.165, 1.54) is 11.3 Å². The van der Waals surface area contributed by atoms with Gasteiger partial charge in [0.05, 0.1) is 9.75 Å². The van der Waals surface area contributed by atoms with E-state index in [-0.39, 0.29) is 11.7 Å². The standard InChI is InChI=1S/C22H24N6O2S/c1-27(2)13-3-12-23-22(30)19-10-9-18(31-19)17-8-11-20-24-25-21(28(20)26-17)14-15-4-6-16(29)7-5-15/h4-11,29H,3,12-14H2,1-2H3,(H,23,30). The number of fused-ring (bicyclic) bond motifs is 1. The summed E-state index contributed by atoms with van der Waals surface area (Å²) >= 11 is 1.41. The topological polar surface area (TPSA) is 95.7 Å². The lowest BCUT2D eigenvalue weighted by atomic mass is 10.1. The Hall–Kier alpha value is -3.30. The fourth-order valence-corrected chi connectivity index (χ4v) is 4.04. The predicted octanol–water partition coefficient (Wildman–Crippen LogP) is 2.83. The van der Waals surface area contributed by atoms with Crippen molar-refractivity contribution in [2.75, 3.05) is 27.2 Å².